The molecule has 0 unspecified atom stereocenters. The van der Waals surface area contributed by atoms with E-state index in [-0.39, 0.29) is 18.1 Å². The van der Waals surface area contributed by atoms with E-state index in [1.54, 1.807) is 30.3 Å². The molecule has 1 heterocycles. The Balaban J connectivity index is 1.80. The Kier molecular flexibility index (Phi) is 5.19. The van der Waals surface area contributed by atoms with Gasteiger partial charge in [0.15, 0.2) is 0 Å². The maximum Gasteiger partial charge on any atom is 0.326 e. The summed E-state index contributed by atoms with van der Waals surface area (Å²) in [4.78, 5) is 22.7. The van der Waals surface area contributed by atoms with Crippen LogP contribution < -0.4 is 15.4 Å². The van der Waals surface area contributed by atoms with Crippen LogP contribution in [0.2, 0.25) is 0 Å². The van der Waals surface area contributed by atoms with Crippen LogP contribution in [-0.4, -0.2) is 11.9 Å². The number of ether oxygens (including phenoxy) is 1. The van der Waals surface area contributed by atoms with E-state index in [4.69, 9.17) is 4.74 Å². The summed E-state index contributed by atoms with van der Waals surface area (Å²) in [6.45, 7) is 0.202. The monoisotopic (exact) mass is 468 g/mol. The van der Waals surface area contributed by atoms with Crippen molar-refractivity contribution in [2.24, 2.45) is 0 Å². The zero-order chi connectivity index (χ0) is 18.0. The summed E-state index contributed by atoms with van der Waals surface area (Å²) in [5.41, 5.74) is 1.55. The van der Waals surface area contributed by atoms with Gasteiger partial charge in [-0.3, -0.25) is 10.1 Å². The van der Waals surface area contributed by atoms with Crippen LogP contribution in [0.4, 0.5) is 9.18 Å². The summed E-state index contributed by atoms with van der Waals surface area (Å²) >= 11 is 6.83. The number of nitrogens with one attached hydrogen (secondary N) is 2. The second-order valence-electron chi connectivity index (χ2n) is 5.20. The summed E-state index contributed by atoms with van der Waals surface area (Å²) in [6.07, 6.45) is 1.55. The van der Waals surface area contributed by atoms with E-state index in [1.807, 2.05) is 0 Å². The van der Waals surface area contributed by atoms with E-state index in [9.17, 15) is 14.0 Å². The van der Waals surface area contributed by atoms with Crippen molar-refractivity contribution in [2.75, 3.05) is 0 Å². The Morgan fingerprint density at radius 2 is 1.80 bits per heavy atom. The normalized spacial score (nSPS) is 15.2. The van der Waals surface area contributed by atoms with Crippen molar-refractivity contribution >= 4 is 49.9 Å². The van der Waals surface area contributed by atoms with Gasteiger partial charge >= 0.3 is 6.03 Å². The molecule has 128 valence electrons. The van der Waals surface area contributed by atoms with Gasteiger partial charge in [0.05, 0.1) is 8.95 Å². The van der Waals surface area contributed by atoms with Gasteiger partial charge in [-0.25, -0.2) is 9.18 Å². The molecular weight excluding hydrogens is 459 g/mol. The van der Waals surface area contributed by atoms with Gasteiger partial charge in [0.1, 0.15) is 23.9 Å². The lowest BCUT2D eigenvalue weighted by atomic mass is 10.2. The number of amides is 3. The third-order valence-electron chi connectivity index (χ3n) is 3.32. The Morgan fingerprint density at radius 1 is 1.08 bits per heavy atom. The number of carbonyl (C=O) groups excluding carboxylic acids is 2. The van der Waals surface area contributed by atoms with Gasteiger partial charge in [-0.05, 0) is 73.3 Å². The fourth-order valence-corrected chi connectivity index (χ4v) is 3.68. The first-order valence-electron chi connectivity index (χ1n) is 7.12. The first-order chi connectivity index (χ1) is 11.9. The molecule has 2 N–H and O–H groups in total. The standard InChI is InChI=1S/C17H11Br2FN2O3/c18-12-5-10(7-14-16(23)22-17(24)21-14)6-13(19)15(12)25-8-9-2-1-3-11(20)4-9/h1-7H,8H2,(H2,21,22,23,24)/b14-7+. The molecule has 3 rings (SSSR count). The molecule has 3 amide bonds. The van der Waals surface area contributed by atoms with Gasteiger partial charge in [-0.1, -0.05) is 12.1 Å². The highest BCUT2D eigenvalue weighted by atomic mass is 79.9. The lowest BCUT2D eigenvalue weighted by Crippen LogP contribution is -2.22. The van der Waals surface area contributed by atoms with Crippen LogP contribution in [-0.2, 0) is 11.4 Å². The zero-order valence-electron chi connectivity index (χ0n) is 12.6. The molecule has 2 aromatic rings. The van der Waals surface area contributed by atoms with E-state index in [0.717, 1.165) is 0 Å². The van der Waals surface area contributed by atoms with Crippen LogP contribution in [0.25, 0.3) is 6.08 Å². The van der Waals surface area contributed by atoms with Crippen molar-refractivity contribution in [3.63, 3.8) is 0 Å². The molecule has 1 aliphatic heterocycles. The van der Waals surface area contributed by atoms with Gasteiger partial charge in [-0.15, -0.1) is 0 Å². The van der Waals surface area contributed by atoms with Gasteiger partial charge in [0.2, 0.25) is 0 Å². The number of rotatable bonds is 4. The van der Waals surface area contributed by atoms with Crippen molar-refractivity contribution < 1.29 is 18.7 Å². The smallest absolute Gasteiger partial charge is 0.326 e. The quantitative estimate of drug-likeness (QED) is 0.523. The van der Waals surface area contributed by atoms with Crippen molar-refractivity contribution in [1.82, 2.24) is 10.6 Å². The number of imide groups is 1. The average molecular weight is 470 g/mol. The van der Waals surface area contributed by atoms with Crippen molar-refractivity contribution in [2.45, 2.75) is 6.61 Å². The van der Waals surface area contributed by atoms with E-state index in [1.165, 1.54) is 12.1 Å². The van der Waals surface area contributed by atoms with Gasteiger partial charge in [0, 0.05) is 0 Å². The summed E-state index contributed by atoms with van der Waals surface area (Å²) in [5, 5.41) is 4.56. The number of hydrogen-bond donors (Lipinski definition) is 2. The van der Waals surface area contributed by atoms with Crippen LogP contribution >= 0.6 is 31.9 Å². The predicted molar refractivity (Wildman–Crippen MR) is 97.2 cm³/mol. The second kappa shape index (κ2) is 7.37. The molecule has 25 heavy (non-hydrogen) atoms. The van der Waals surface area contributed by atoms with Crippen LogP contribution in [0.15, 0.2) is 51.0 Å². The zero-order valence-corrected chi connectivity index (χ0v) is 15.8. The molecule has 0 atom stereocenters. The fourth-order valence-electron chi connectivity index (χ4n) is 2.23. The Bertz CT molecular complexity index is 876. The molecule has 0 aromatic heterocycles. The van der Waals surface area contributed by atoms with Gasteiger partial charge in [-0.2, -0.15) is 0 Å². The number of urea groups is 1. The number of carbonyl (C=O) groups is 2. The van der Waals surface area contributed by atoms with Gasteiger partial charge in [0.25, 0.3) is 5.91 Å². The molecule has 0 saturated carbocycles. The van der Waals surface area contributed by atoms with Crippen molar-refractivity contribution in [3.8, 4) is 5.75 Å². The van der Waals surface area contributed by atoms with E-state index < -0.39 is 11.9 Å². The Labute approximate surface area is 159 Å². The Hall–Kier alpha value is -2.19. The molecule has 1 saturated heterocycles. The number of halogens is 3. The summed E-state index contributed by atoms with van der Waals surface area (Å²) in [7, 11) is 0. The minimum Gasteiger partial charge on any atom is -0.487 e. The summed E-state index contributed by atoms with van der Waals surface area (Å²) in [6, 6.07) is 9.11. The Morgan fingerprint density at radius 3 is 2.40 bits per heavy atom. The first-order valence-corrected chi connectivity index (χ1v) is 8.71. The lowest BCUT2D eigenvalue weighted by molar-refractivity contribution is -0.115. The number of hydrogen-bond acceptors (Lipinski definition) is 3. The third-order valence-corrected chi connectivity index (χ3v) is 4.50. The highest BCUT2D eigenvalue weighted by molar-refractivity contribution is 9.11. The van der Waals surface area contributed by atoms with Crippen LogP contribution in [0.5, 0.6) is 5.75 Å². The SMILES string of the molecule is O=C1NC(=O)/C(=C\c2cc(Br)c(OCc3cccc(F)c3)c(Br)c2)N1. The minimum absolute atomic E-state index is 0.164. The topological polar surface area (TPSA) is 67.4 Å². The molecule has 1 fully saturated rings. The highest BCUT2D eigenvalue weighted by Gasteiger charge is 2.23. The molecular formula is C17H11Br2FN2O3. The second-order valence-corrected chi connectivity index (χ2v) is 6.91. The molecule has 0 aliphatic carbocycles. The molecule has 8 heteroatoms. The van der Waals surface area contributed by atoms with Crippen LogP contribution in [0.1, 0.15) is 11.1 Å². The third kappa shape index (κ3) is 4.26. The maximum absolute atomic E-state index is 13.2. The van der Waals surface area contributed by atoms with Crippen LogP contribution in [0, 0.1) is 5.82 Å². The molecule has 5 nitrogen and oxygen atoms in total. The van der Waals surface area contributed by atoms with E-state index in [0.29, 0.717) is 25.8 Å². The lowest BCUT2D eigenvalue weighted by Gasteiger charge is -2.11. The summed E-state index contributed by atoms with van der Waals surface area (Å²) < 4.78 is 20.3. The highest BCUT2D eigenvalue weighted by Crippen LogP contribution is 2.36. The molecule has 0 bridgehead atoms. The first kappa shape index (κ1) is 17.6. The largest absolute Gasteiger partial charge is 0.487 e. The summed E-state index contributed by atoms with van der Waals surface area (Å²) in [5.74, 6) is -0.256. The molecule has 1 aliphatic rings. The molecule has 0 spiro atoms. The maximum atomic E-state index is 13.2. The number of benzene rings is 2. The van der Waals surface area contributed by atoms with Crippen LogP contribution in [0.3, 0.4) is 0 Å². The molecule has 2 aromatic carbocycles. The van der Waals surface area contributed by atoms with Crippen molar-refractivity contribution in [1.29, 1.82) is 0 Å². The minimum atomic E-state index is -0.551. The molecule has 0 radical (unpaired) electrons. The predicted octanol–water partition coefficient (Wildman–Crippen LogP) is 4.11. The average Bonchev–Trinajstić information content (AvgIpc) is 2.84. The van der Waals surface area contributed by atoms with E-state index >= 15 is 0 Å². The van der Waals surface area contributed by atoms with E-state index in [2.05, 4.69) is 42.5 Å². The van der Waals surface area contributed by atoms with Gasteiger partial charge < -0.3 is 10.1 Å². The fraction of sp³-hybridized carbons (Fsp3) is 0.0588. The van der Waals surface area contributed by atoms with Crippen molar-refractivity contribution in [3.05, 3.63) is 68.0 Å².